The molecule has 4 rings (SSSR count). The standard InChI is InChI=1S/C27H30ClNO2/c1-18(2)20-10-8-19(9-11-20)17-29-13-12-21-15-25(30-3)26(31-4)16-24(21)27(29)22-6-5-7-23(28)14-22/h5-11,14-16,18,27H,12-13,17H2,1-4H3/p+1/t27-/m1/s1. The molecule has 31 heavy (non-hydrogen) atoms. The third-order valence-corrected chi connectivity index (χ3v) is 6.57. The molecule has 4 heteroatoms. The van der Waals surface area contributed by atoms with Crippen molar-refractivity contribution in [2.24, 2.45) is 0 Å². The second-order valence-electron chi connectivity index (χ2n) is 8.63. The van der Waals surface area contributed by atoms with Crippen LogP contribution in [0.2, 0.25) is 5.02 Å². The van der Waals surface area contributed by atoms with Gasteiger partial charge in [0.2, 0.25) is 0 Å². The fraction of sp³-hybridized carbons (Fsp3) is 0.333. The summed E-state index contributed by atoms with van der Waals surface area (Å²) in [5.74, 6) is 2.11. The minimum atomic E-state index is 0.187. The first-order valence-corrected chi connectivity index (χ1v) is 11.3. The molecule has 1 N–H and O–H groups in total. The van der Waals surface area contributed by atoms with Crippen molar-refractivity contribution in [3.05, 3.63) is 93.5 Å². The zero-order chi connectivity index (χ0) is 22.0. The second-order valence-corrected chi connectivity index (χ2v) is 9.06. The van der Waals surface area contributed by atoms with Crippen molar-refractivity contribution in [2.45, 2.75) is 38.8 Å². The maximum Gasteiger partial charge on any atom is 0.161 e. The molecule has 3 aromatic rings. The Hall–Kier alpha value is -2.49. The largest absolute Gasteiger partial charge is 0.493 e. The van der Waals surface area contributed by atoms with E-state index in [1.807, 2.05) is 12.1 Å². The number of hydrogen-bond acceptors (Lipinski definition) is 2. The molecule has 1 aliphatic rings. The summed E-state index contributed by atoms with van der Waals surface area (Å²) in [6.07, 6.45) is 1.01. The Labute approximate surface area is 190 Å². The molecule has 3 nitrogen and oxygen atoms in total. The molecule has 0 aromatic heterocycles. The number of methoxy groups -OCH3 is 2. The third kappa shape index (κ3) is 4.58. The molecular weight excluding hydrogens is 406 g/mol. The van der Waals surface area contributed by atoms with Crippen LogP contribution in [-0.4, -0.2) is 20.8 Å². The number of rotatable bonds is 6. The lowest BCUT2D eigenvalue weighted by Crippen LogP contribution is -3.12. The first kappa shape index (κ1) is 21.7. The smallest absolute Gasteiger partial charge is 0.161 e. The molecule has 162 valence electrons. The fourth-order valence-corrected chi connectivity index (χ4v) is 4.85. The summed E-state index contributed by atoms with van der Waals surface area (Å²) in [7, 11) is 3.39. The summed E-state index contributed by atoms with van der Waals surface area (Å²) in [4.78, 5) is 1.51. The molecule has 3 aromatic carbocycles. The first-order chi connectivity index (χ1) is 15.0. The van der Waals surface area contributed by atoms with E-state index >= 15 is 0 Å². The summed E-state index contributed by atoms with van der Waals surface area (Å²) in [5.41, 5.74) is 6.58. The van der Waals surface area contributed by atoms with Gasteiger partial charge in [0, 0.05) is 28.1 Å². The van der Waals surface area contributed by atoms with Crippen LogP contribution in [0.25, 0.3) is 0 Å². The Morgan fingerprint density at radius 1 is 0.968 bits per heavy atom. The summed E-state index contributed by atoms with van der Waals surface area (Å²) in [6.45, 7) is 6.48. The van der Waals surface area contributed by atoms with Gasteiger partial charge in [0.1, 0.15) is 12.6 Å². The molecule has 0 spiro atoms. The fourth-order valence-electron chi connectivity index (χ4n) is 4.66. The molecule has 1 unspecified atom stereocenters. The van der Waals surface area contributed by atoms with Gasteiger partial charge in [-0.2, -0.15) is 0 Å². The van der Waals surface area contributed by atoms with Gasteiger partial charge in [-0.05, 0) is 41.3 Å². The van der Waals surface area contributed by atoms with E-state index in [4.69, 9.17) is 21.1 Å². The number of fused-ring (bicyclic) bond motifs is 1. The molecule has 1 heterocycles. The number of ether oxygens (including phenoxy) is 2. The van der Waals surface area contributed by atoms with E-state index in [1.54, 1.807) is 14.2 Å². The van der Waals surface area contributed by atoms with Crippen molar-refractivity contribution >= 4 is 11.6 Å². The predicted molar refractivity (Wildman–Crippen MR) is 127 cm³/mol. The number of quaternary nitrogens is 1. The Kier molecular flexibility index (Phi) is 6.54. The Balaban J connectivity index is 1.75. The maximum absolute atomic E-state index is 6.40. The highest BCUT2D eigenvalue weighted by molar-refractivity contribution is 6.30. The van der Waals surface area contributed by atoms with Crippen LogP contribution in [0.5, 0.6) is 11.5 Å². The van der Waals surface area contributed by atoms with Crippen LogP contribution in [0.15, 0.2) is 60.7 Å². The van der Waals surface area contributed by atoms with Gasteiger partial charge < -0.3 is 14.4 Å². The van der Waals surface area contributed by atoms with Crippen molar-refractivity contribution < 1.29 is 14.4 Å². The molecule has 0 saturated heterocycles. The molecule has 0 aliphatic carbocycles. The number of benzene rings is 3. The van der Waals surface area contributed by atoms with Crippen LogP contribution in [0.1, 0.15) is 53.6 Å². The first-order valence-electron chi connectivity index (χ1n) is 10.9. The van der Waals surface area contributed by atoms with E-state index in [9.17, 15) is 0 Å². The van der Waals surface area contributed by atoms with Crippen molar-refractivity contribution in [1.82, 2.24) is 0 Å². The SMILES string of the molecule is COc1cc2c(cc1OC)[C@@H](c1cccc(Cl)c1)[NH+](Cc1ccc(C(C)C)cc1)CC2. The van der Waals surface area contributed by atoms with Crippen molar-refractivity contribution in [3.63, 3.8) is 0 Å². The van der Waals surface area contributed by atoms with E-state index < -0.39 is 0 Å². The molecule has 2 atom stereocenters. The molecule has 0 saturated carbocycles. The normalized spacial score (nSPS) is 18.0. The zero-order valence-corrected chi connectivity index (χ0v) is 19.5. The highest BCUT2D eigenvalue weighted by atomic mass is 35.5. The molecule has 0 amide bonds. The molecular formula is C27H31ClNO2+. The van der Waals surface area contributed by atoms with Crippen molar-refractivity contribution in [2.75, 3.05) is 20.8 Å². The second kappa shape index (κ2) is 9.33. The van der Waals surface area contributed by atoms with Crippen LogP contribution in [0.4, 0.5) is 0 Å². The minimum absolute atomic E-state index is 0.187. The van der Waals surface area contributed by atoms with Crippen LogP contribution < -0.4 is 14.4 Å². The van der Waals surface area contributed by atoms with E-state index in [0.717, 1.165) is 36.0 Å². The summed E-state index contributed by atoms with van der Waals surface area (Å²) >= 11 is 6.40. The Morgan fingerprint density at radius 3 is 2.32 bits per heavy atom. The summed E-state index contributed by atoms with van der Waals surface area (Å²) < 4.78 is 11.2. The van der Waals surface area contributed by atoms with Gasteiger partial charge in [-0.1, -0.05) is 61.8 Å². The highest BCUT2D eigenvalue weighted by Crippen LogP contribution is 2.36. The van der Waals surface area contributed by atoms with E-state index in [-0.39, 0.29) is 6.04 Å². The van der Waals surface area contributed by atoms with Crippen LogP contribution in [0.3, 0.4) is 0 Å². The number of nitrogens with one attached hydrogen (secondary N) is 1. The quantitative estimate of drug-likeness (QED) is 0.573. The van der Waals surface area contributed by atoms with Gasteiger partial charge in [-0.25, -0.2) is 0 Å². The Morgan fingerprint density at radius 2 is 1.68 bits per heavy atom. The van der Waals surface area contributed by atoms with E-state index in [0.29, 0.717) is 5.92 Å². The zero-order valence-electron chi connectivity index (χ0n) is 18.7. The predicted octanol–water partition coefficient (Wildman–Crippen LogP) is 5.21. The van der Waals surface area contributed by atoms with Crippen LogP contribution >= 0.6 is 11.6 Å². The average Bonchev–Trinajstić information content (AvgIpc) is 2.78. The van der Waals surface area contributed by atoms with Gasteiger partial charge in [-0.3, -0.25) is 0 Å². The minimum Gasteiger partial charge on any atom is -0.493 e. The van der Waals surface area contributed by atoms with Crippen molar-refractivity contribution in [3.8, 4) is 11.5 Å². The Bertz CT molecular complexity index is 1050. The van der Waals surface area contributed by atoms with Gasteiger partial charge in [0.25, 0.3) is 0 Å². The number of hydrogen-bond donors (Lipinski definition) is 1. The summed E-state index contributed by atoms with van der Waals surface area (Å²) in [5, 5.41) is 0.769. The van der Waals surface area contributed by atoms with Gasteiger partial charge in [0.05, 0.1) is 20.8 Å². The van der Waals surface area contributed by atoms with Crippen LogP contribution in [0, 0.1) is 0 Å². The van der Waals surface area contributed by atoms with Crippen LogP contribution in [-0.2, 0) is 13.0 Å². The lowest BCUT2D eigenvalue weighted by Gasteiger charge is -2.35. The average molecular weight is 437 g/mol. The van der Waals surface area contributed by atoms with Gasteiger partial charge in [-0.15, -0.1) is 0 Å². The topological polar surface area (TPSA) is 22.9 Å². The molecule has 0 bridgehead atoms. The highest BCUT2D eigenvalue weighted by Gasteiger charge is 2.34. The van der Waals surface area contributed by atoms with E-state index in [1.165, 1.54) is 32.7 Å². The monoisotopic (exact) mass is 436 g/mol. The summed E-state index contributed by atoms with van der Waals surface area (Å²) in [6, 6.07) is 21.8. The molecule has 0 radical (unpaired) electrons. The number of halogens is 1. The maximum atomic E-state index is 6.40. The molecule has 1 aliphatic heterocycles. The van der Waals surface area contributed by atoms with Gasteiger partial charge in [0.15, 0.2) is 11.5 Å². The lowest BCUT2D eigenvalue weighted by atomic mass is 9.87. The molecule has 0 fully saturated rings. The lowest BCUT2D eigenvalue weighted by molar-refractivity contribution is -0.941. The van der Waals surface area contributed by atoms with Gasteiger partial charge >= 0.3 is 0 Å². The third-order valence-electron chi connectivity index (χ3n) is 6.34. The van der Waals surface area contributed by atoms with E-state index in [2.05, 4.69) is 62.4 Å². The van der Waals surface area contributed by atoms with Crippen molar-refractivity contribution in [1.29, 1.82) is 0 Å².